The van der Waals surface area contributed by atoms with Crippen LogP contribution in [-0.4, -0.2) is 37.4 Å². The second-order valence-corrected chi connectivity index (χ2v) is 8.49. The number of hydrogen-bond donors (Lipinski definition) is 2. The molecule has 0 saturated heterocycles. The van der Waals surface area contributed by atoms with Crippen molar-refractivity contribution < 1.29 is 9.59 Å². The Kier molecular flexibility index (Phi) is 8.12. The second kappa shape index (κ2) is 11.0. The molecule has 0 fully saturated rings. The Bertz CT molecular complexity index is 1030. The lowest BCUT2D eigenvalue weighted by molar-refractivity contribution is -0.126. The standard InChI is InChI=1S/C24H24ClN3O2S/c1-26-24(30)23(17-12-14-18(25)15-13-17)28(2)16-22(29)27-20-10-6-7-11-21(20)31-19-8-4-3-5-9-19/h3-15,23H,16H2,1-2H3,(H,26,30)(H,27,29)/t23-/m1/s1. The number of carbonyl (C=O) groups is 2. The van der Waals surface area contributed by atoms with Gasteiger partial charge in [-0.3, -0.25) is 14.5 Å². The van der Waals surface area contributed by atoms with Gasteiger partial charge >= 0.3 is 0 Å². The summed E-state index contributed by atoms with van der Waals surface area (Å²) in [7, 11) is 3.33. The minimum absolute atomic E-state index is 0.0467. The number of carbonyl (C=O) groups excluding carboxylic acids is 2. The number of nitrogens with one attached hydrogen (secondary N) is 2. The number of benzene rings is 3. The summed E-state index contributed by atoms with van der Waals surface area (Å²) in [5.41, 5.74) is 1.50. The number of rotatable bonds is 8. The second-order valence-electron chi connectivity index (χ2n) is 6.94. The molecule has 31 heavy (non-hydrogen) atoms. The molecule has 2 amide bonds. The largest absolute Gasteiger partial charge is 0.358 e. The smallest absolute Gasteiger partial charge is 0.241 e. The molecule has 0 aliphatic carbocycles. The fourth-order valence-corrected chi connectivity index (χ4v) is 4.22. The molecule has 0 bridgehead atoms. The van der Waals surface area contributed by atoms with Crippen molar-refractivity contribution in [2.24, 2.45) is 0 Å². The Morgan fingerprint density at radius 2 is 1.61 bits per heavy atom. The van der Waals surface area contributed by atoms with Gasteiger partial charge in [0.2, 0.25) is 11.8 Å². The van der Waals surface area contributed by atoms with Crippen molar-refractivity contribution >= 4 is 40.9 Å². The fourth-order valence-electron chi connectivity index (χ4n) is 3.17. The molecule has 0 aromatic heterocycles. The van der Waals surface area contributed by atoms with Crippen LogP contribution in [0.2, 0.25) is 5.02 Å². The molecule has 0 aliphatic rings. The molecule has 0 radical (unpaired) electrons. The van der Waals surface area contributed by atoms with Crippen LogP contribution in [0, 0.1) is 0 Å². The first-order valence-corrected chi connectivity index (χ1v) is 11.0. The van der Waals surface area contributed by atoms with Gasteiger partial charge in [-0.15, -0.1) is 0 Å². The molecule has 160 valence electrons. The summed E-state index contributed by atoms with van der Waals surface area (Å²) in [6.07, 6.45) is 0. The van der Waals surface area contributed by atoms with Gasteiger partial charge in [0.1, 0.15) is 6.04 Å². The van der Waals surface area contributed by atoms with Gasteiger partial charge in [0.15, 0.2) is 0 Å². The van der Waals surface area contributed by atoms with Crippen LogP contribution in [0.5, 0.6) is 0 Å². The normalized spacial score (nSPS) is 11.7. The third-order valence-corrected chi connectivity index (χ3v) is 5.98. The van der Waals surface area contributed by atoms with E-state index < -0.39 is 6.04 Å². The van der Waals surface area contributed by atoms with Gasteiger partial charge in [-0.05, 0) is 49.0 Å². The van der Waals surface area contributed by atoms with Gasteiger partial charge in [0.05, 0.1) is 12.2 Å². The molecule has 0 spiro atoms. The molecule has 5 nitrogen and oxygen atoms in total. The predicted molar refractivity (Wildman–Crippen MR) is 127 cm³/mol. The van der Waals surface area contributed by atoms with Gasteiger partial charge in [0, 0.05) is 21.9 Å². The average Bonchev–Trinajstić information content (AvgIpc) is 2.77. The summed E-state index contributed by atoms with van der Waals surface area (Å²) in [6.45, 7) is 0.0467. The van der Waals surface area contributed by atoms with Crippen LogP contribution in [0.1, 0.15) is 11.6 Å². The average molecular weight is 454 g/mol. The molecular weight excluding hydrogens is 430 g/mol. The van der Waals surface area contributed by atoms with E-state index in [-0.39, 0.29) is 18.4 Å². The first-order valence-electron chi connectivity index (χ1n) is 9.77. The summed E-state index contributed by atoms with van der Waals surface area (Å²) >= 11 is 7.56. The van der Waals surface area contributed by atoms with Crippen LogP contribution in [-0.2, 0) is 9.59 Å². The van der Waals surface area contributed by atoms with Crippen LogP contribution >= 0.6 is 23.4 Å². The zero-order valence-electron chi connectivity index (χ0n) is 17.3. The minimum atomic E-state index is -0.609. The van der Waals surface area contributed by atoms with Crippen molar-refractivity contribution in [1.82, 2.24) is 10.2 Å². The summed E-state index contributed by atoms with van der Waals surface area (Å²) in [5.74, 6) is -0.399. The summed E-state index contributed by atoms with van der Waals surface area (Å²) < 4.78 is 0. The maximum atomic E-state index is 12.8. The Labute approximate surface area is 191 Å². The SMILES string of the molecule is CNC(=O)[C@@H](c1ccc(Cl)cc1)N(C)CC(=O)Nc1ccccc1Sc1ccccc1. The quantitative estimate of drug-likeness (QED) is 0.512. The van der Waals surface area contributed by atoms with Gasteiger partial charge in [-0.25, -0.2) is 0 Å². The Hall–Kier alpha value is -2.80. The van der Waals surface area contributed by atoms with E-state index in [9.17, 15) is 9.59 Å². The topological polar surface area (TPSA) is 61.4 Å². The maximum absolute atomic E-state index is 12.8. The summed E-state index contributed by atoms with van der Waals surface area (Å²) in [5, 5.41) is 6.24. The Morgan fingerprint density at radius 1 is 0.968 bits per heavy atom. The van der Waals surface area contributed by atoms with Crippen molar-refractivity contribution in [3.8, 4) is 0 Å². The zero-order valence-corrected chi connectivity index (χ0v) is 18.9. The highest BCUT2D eigenvalue weighted by molar-refractivity contribution is 7.99. The van der Waals surface area contributed by atoms with E-state index in [1.54, 1.807) is 55.0 Å². The highest BCUT2D eigenvalue weighted by atomic mass is 35.5. The number of likely N-dealkylation sites (N-methyl/N-ethyl adjacent to an activating group) is 2. The van der Waals surface area contributed by atoms with Gasteiger partial charge in [-0.1, -0.05) is 65.8 Å². The number of halogens is 1. The molecule has 2 N–H and O–H groups in total. The first kappa shape index (κ1) is 22.9. The number of nitrogens with zero attached hydrogens (tertiary/aromatic N) is 1. The van der Waals surface area contributed by atoms with Crippen LogP contribution in [0.15, 0.2) is 88.7 Å². The van der Waals surface area contributed by atoms with E-state index >= 15 is 0 Å². The molecule has 0 heterocycles. The molecule has 3 aromatic rings. The zero-order chi connectivity index (χ0) is 22.2. The van der Waals surface area contributed by atoms with Crippen molar-refractivity contribution in [1.29, 1.82) is 0 Å². The third-order valence-electron chi connectivity index (χ3n) is 4.65. The minimum Gasteiger partial charge on any atom is -0.358 e. The highest BCUT2D eigenvalue weighted by Gasteiger charge is 2.26. The van der Waals surface area contributed by atoms with E-state index in [0.29, 0.717) is 5.02 Å². The van der Waals surface area contributed by atoms with E-state index in [2.05, 4.69) is 10.6 Å². The number of amides is 2. The Morgan fingerprint density at radius 3 is 2.29 bits per heavy atom. The van der Waals surface area contributed by atoms with Gasteiger partial charge < -0.3 is 10.6 Å². The van der Waals surface area contributed by atoms with E-state index in [1.807, 2.05) is 54.6 Å². The van der Waals surface area contributed by atoms with Gasteiger partial charge in [0.25, 0.3) is 0 Å². The van der Waals surface area contributed by atoms with Crippen molar-refractivity contribution in [2.45, 2.75) is 15.8 Å². The lowest BCUT2D eigenvalue weighted by Gasteiger charge is -2.26. The molecule has 3 aromatic carbocycles. The predicted octanol–water partition coefficient (Wildman–Crippen LogP) is 4.85. The Balaban J connectivity index is 1.72. The molecule has 0 saturated carbocycles. The maximum Gasteiger partial charge on any atom is 0.241 e. The van der Waals surface area contributed by atoms with Crippen molar-refractivity contribution in [3.63, 3.8) is 0 Å². The molecule has 1 atom stereocenters. The first-order chi connectivity index (χ1) is 15.0. The fraction of sp³-hybridized carbons (Fsp3) is 0.167. The van der Waals surface area contributed by atoms with Crippen LogP contribution in [0.3, 0.4) is 0 Å². The molecule has 0 unspecified atom stereocenters. The lowest BCUT2D eigenvalue weighted by atomic mass is 10.0. The van der Waals surface area contributed by atoms with E-state index in [1.165, 1.54) is 0 Å². The van der Waals surface area contributed by atoms with E-state index in [4.69, 9.17) is 11.6 Å². The summed E-state index contributed by atoms with van der Waals surface area (Å²) in [4.78, 5) is 29.1. The highest BCUT2D eigenvalue weighted by Crippen LogP contribution is 2.33. The number of hydrogen-bond acceptors (Lipinski definition) is 4. The van der Waals surface area contributed by atoms with Crippen molar-refractivity contribution in [3.05, 3.63) is 89.4 Å². The number of para-hydroxylation sites is 1. The van der Waals surface area contributed by atoms with Gasteiger partial charge in [-0.2, -0.15) is 0 Å². The van der Waals surface area contributed by atoms with Crippen LogP contribution in [0.25, 0.3) is 0 Å². The molecule has 7 heteroatoms. The van der Waals surface area contributed by atoms with Crippen LogP contribution in [0.4, 0.5) is 5.69 Å². The number of anilines is 1. The monoisotopic (exact) mass is 453 g/mol. The third kappa shape index (κ3) is 6.34. The summed E-state index contributed by atoms with van der Waals surface area (Å²) in [6, 6.07) is 24.1. The molecular formula is C24H24ClN3O2S. The molecule has 3 rings (SSSR count). The lowest BCUT2D eigenvalue weighted by Crippen LogP contribution is -2.40. The van der Waals surface area contributed by atoms with Crippen molar-refractivity contribution in [2.75, 3.05) is 26.0 Å². The van der Waals surface area contributed by atoms with Crippen LogP contribution < -0.4 is 10.6 Å². The van der Waals surface area contributed by atoms with E-state index in [0.717, 1.165) is 21.0 Å². The molecule has 0 aliphatic heterocycles.